The molecule has 0 aliphatic heterocycles. The second kappa shape index (κ2) is 4.61. The van der Waals surface area contributed by atoms with Crippen LogP contribution >= 0.6 is 0 Å². The van der Waals surface area contributed by atoms with Crippen LogP contribution in [0.5, 0.6) is 0 Å². The number of aryl methyl sites for hydroxylation is 1. The van der Waals surface area contributed by atoms with Gasteiger partial charge < -0.3 is 16.0 Å². The lowest BCUT2D eigenvalue weighted by molar-refractivity contribution is -0.123. The third-order valence-electron chi connectivity index (χ3n) is 3.65. The summed E-state index contributed by atoms with van der Waals surface area (Å²) in [5.74, 6) is -0.0673. The summed E-state index contributed by atoms with van der Waals surface area (Å²) in [5.41, 5.74) is 8.45. The molecule has 1 aliphatic carbocycles. The van der Waals surface area contributed by atoms with Crippen LogP contribution in [0.4, 0.5) is 11.4 Å². The fraction of sp³-hybridized carbons (Fsp3) is 0.500. The van der Waals surface area contributed by atoms with E-state index in [1.165, 1.54) is 5.56 Å². The molecule has 0 heterocycles. The molecule has 4 nitrogen and oxygen atoms in total. The van der Waals surface area contributed by atoms with E-state index in [1.54, 1.807) is 0 Å². The molecule has 0 atom stereocenters. The molecule has 3 N–H and O–H groups in total. The van der Waals surface area contributed by atoms with E-state index in [0.29, 0.717) is 0 Å². The molecule has 0 bridgehead atoms. The largest absolute Gasteiger partial charge is 0.377 e. The maximum Gasteiger partial charge on any atom is 0.244 e. The van der Waals surface area contributed by atoms with Gasteiger partial charge in [0.2, 0.25) is 5.91 Å². The molecule has 1 aliphatic rings. The number of hydrogen-bond acceptors (Lipinski definition) is 3. The van der Waals surface area contributed by atoms with Gasteiger partial charge >= 0.3 is 0 Å². The molecule has 1 aromatic carbocycles. The summed E-state index contributed by atoms with van der Waals surface area (Å²) >= 11 is 0. The molecule has 18 heavy (non-hydrogen) atoms. The van der Waals surface area contributed by atoms with Crippen LogP contribution in [-0.2, 0) is 4.79 Å². The number of amides is 1. The highest BCUT2D eigenvalue weighted by molar-refractivity contribution is 5.99. The molecule has 0 radical (unpaired) electrons. The van der Waals surface area contributed by atoms with E-state index in [2.05, 4.69) is 12.2 Å². The third kappa shape index (κ3) is 2.34. The molecule has 1 aromatic rings. The van der Waals surface area contributed by atoms with E-state index in [-0.39, 0.29) is 5.91 Å². The Morgan fingerprint density at radius 2 is 2.06 bits per heavy atom. The van der Waals surface area contributed by atoms with Crippen molar-refractivity contribution in [1.82, 2.24) is 0 Å². The van der Waals surface area contributed by atoms with E-state index in [1.807, 2.05) is 37.2 Å². The van der Waals surface area contributed by atoms with Crippen molar-refractivity contribution in [3.05, 3.63) is 23.8 Å². The van der Waals surface area contributed by atoms with Gasteiger partial charge in [0.1, 0.15) is 0 Å². The highest BCUT2D eigenvalue weighted by atomic mass is 16.2. The van der Waals surface area contributed by atoms with Crippen molar-refractivity contribution in [3.63, 3.8) is 0 Å². The minimum atomic E-state index is -0.650. The van der Waals surface area contributed by atoms with Crippen LogP contribution in [0.1, 0.15) is 24.8 Å². The van der Waals surface area contributed by atoms with Crippen molar-refractivity contribution in [2.75, 3.05) is 24.3 Å². The standard InChI is InChI=1S/C14H21N3O/c1-10-5-6-11(9-12(10)17(2)3)16-13(18)14(15)7-4-8-14/h5-6,9H,4,7-8,15H2,1-3H3,(H,16,18). The summed E-state index contributed by atoms with van der Waals surface area (Å²) < 4.78 is 0. The van der Waals surface area contributed by atoms with E-state index >= 15 is 0 Å². The third-order valence-corrected chi connectivity index (χ3v) is 3.65. The average Bonchev–Trinajstić information content (AvgIpc) is 2.28. The summed E-state index contributed by atoms with van der Waals surface area (Å²) in [7, 11) is 3.98. The van der Waals surface area contributed by atoms with Gasteiger partial charge in [-0.3, -0.25) is 4.79 Å². The van der Waals surface area contributed by atoms with E-state index in [0.717, 1.165) is 30.6 Å². The fourth-order valence-corrected chi connectivity index (χ4v) is 2.21. The number of nitrogens with zero attached hydrogens (tertiary/aromatic N) is 1. The molecule has 1 amide bonds. The van der Waals surface area contributed by atoms with Crippen LogP contribution < -0.4 is 16.0 Å². The second-order valence-corrected chi connectivity index (χ2v) is 5.36. The van der Waals surface area contributed by atoms with Crippen LogP contribution in [-0.4, -0.2) is 25.5 Å². The zero-order valence-corrected chi connectivity index (χ0v) is 11.3. The average molecular weight is 247 g/mol. The van der Waals surface area contributed by atoms with Gasteiger partial charge in [-0.15, -0.1) is 0 Å². The van der Waals surface area contributed by atoms with Crippen LogP contribution in [0.25, 0.3) is 0 Å². The molecular formula is C14H21N3O. The van der Waals surface area contributed by atoms with Crippen molar-refractivity contribution < 1.29 is 4.79 Å². The van der Waals surface area contributed by atoms with Crippen molar-refractivity contribution in [1.29, 1.82) is 0 Å². The van der Waals surface area contributed by atoms with Crippen molar-refractivity contribution in [3.8, 4) is 0 Å². The first-order chi connectivity index (χ1) is 8.42. The Labute approximate surface area is 108 Å². The second-order valence-electron chi connectivity index (χ2n) is 5.36. The highest BCUT2D eigenvalue weighted by Crippen LogP contribution is 2.31. The lowest BCUT2D eigenvalue weighted by atomic mass is 9.77. The Kier molecular flexibility index (Phi) is 3.30. The van der Waals surface area contributed by atoms with E-state index in [9.17, 15) is 4.79 Å². The molecule has 98 valence electrons. The number of anilines is 2. The minimum absolute atomic E-state index is 0.0673. The van der Waals surface area contributed by atoms with Crippen LogP contribution in [0, 0.1) is 6.92 Å². The summed E-state index contributed by atoms with van der Waals surface area (Å²) in [5, 5.41) is 2.92. The molecule has 1 fully saturated rings. The highest BCUT2D eigenvalue weighted by Gasteiger charge is 2.40. The van der Waals surface area contributed by atoms with Gasteiger partial charge in [0, 0.05) is 25.5 Å². The maximum absolute atomic E-state index is 12.0. The molecule has 0 saturated heterocycles. The quantitative estimate of drug-likeness (QED) is 0.857. The maximum atomic E-state index is 12.0. The molecule has 0 unspecified atom stereocenters. The monoisotopic (exact) mass is 247 g/mol. The number of rotatable bonds is 3. The predicted octanol–water partition coefficient (Wildman–Crippen LogP) is 1.88. The first kappa shape index (κ1) is 12.9. The number of nitrogens with two attached hydrogens (primary N) is 1. The molecular weight excluding hydrogens is 226 g/mol. The van der Waals surface area contributed by atoms with Gasteiger partial charge in [-0.05, 0) is 43.9 Å². The summed E-state index contributed by atoms with van der Waals surface area (Å²) in [6.07, 6.45) is 2.61. The molecule has 2 rings (SSSR count). The lowest BCUT2D eigenvalue weighted by Gasteiger charge is -2.36. The number of benzene rings is 1. The van der Waals surface area contributed by atoms with Crippen LogP contribution in [0.3, 0.4) is 0 Å². The molecule has 4 heteroatoms. The minimum Gasteiger partial charge on any atom is -0.377 e. The van der Waals surface area contributed by atoms with E-state index in [4.69, 9.17) is 5.73 Å². The fourth-order valence-electron chi connectivity index (χ4n) is 2.21. The lowest BCUT2D eigenvalue weighted by Crippen LogP contribution is -2.56. The summed E-state index contributed by atoms with van der Waals surface area (Å²) in [4.78, 5) is 14.1. The number of carbonyl (C=O) groups is 1. The number of carbonyl (C=O) groups excluding carboxylic acids is 1. The number of hydrogen-bond donors (Lipinski definition) is 2. The SMILES string of the molecule is Cc1ccc(NC(=O)C2(N)CCC2)cc1N(C)C. The molecule has 0 aromatic heterocycles. The van der Waals surface area contributed by atoms with Gasteiger partial charge in [-0.25, -0.2) is 0 Å². The summed E-state index contributed by atoms with van der Waals surface area (Å²) in [6, 6.07) is 5.91. The topological polar surface area (TPSA) is 58.4 Å². The molecule has 1 saturated carbocycles. The van der Waals surface area contributed by atoms with Gasteiger partial charge in [-0.1, -0.05) is 6.07 Å². The normalized spacial score (nSPS) is 16.9. The van der Waals surface area contributed by atoms with E-state index < -0.39 is 5.54 Å². The smallest absolute Gasteiger partial charge is 0.244 e. The van der Waals surface area contributed by atoms with Crippen molar-refractivity contribution >= 4 is 17.3 Å². The van der Waals surface area contributed by atoms with Gasteiger partial charge in [0.15, 0.2) is 0 Å². The van der Waals surface area contributed by atoms with Crippen LogP contribution in [0.2, 0.25) is 0 Å². The van der Waals surface area contributed by atoms with Gasteiger partial charge in [-0.2, -0.15) is 0 Å². The zero-order chi connectivity index (χ0) is 13.3. The van der Waals surface area contributed by atoms with Crippen molar-refractivity contribution in [2.45, 2.75) is 31.7 Å². The summed E-state index contributed by atoms with van der Waals surface area (Å²) in [6.45, 7) is 2.05. The predicted molar refractivity (Wildman–Crippen MR) is 74.9 cm³/mol. The molecule has 0 spiro atoms. The number of nitrogens with one attached hydrogen (secondary N) is 1. The Morgan fingerprint density at radius 3 is 2.56 bits per heavy atom. The zero-order valence-electron chi connectivity index (χ0n) is 11.3. The Balaban J connectivity index is 2.14. The Hall–Kier alpha value is -1.55. The van der Waals surface area contributed by atoms with Crippen molar-refractivity contribution in [2.24, 2.45) is 5.73 Å². The van der Waals surface area contributed by atoms with Gasteiger partial charge in [0.25, 0.3) is 0 Å². The Bertz CT molecular complexity index is 464. The first-order valence-corrected chi connectivity index (χ1v) is 6.31. The van der Waals surface area contributed by atoms with Gasteiger partial charge in [0.05, 0.1) is 5.54 Å². The Morgan fingerprint density at radius 1 is 1.39 bits per heavy atom. The first-order valence-electron chi connectivity index (χ1n) is 6.31. The van der Waals surface area contributed by atoms with Crippen LogP contribution in [0.15, 0.2) is 18.2 Å².